The molecule has 1 amide bonds. The standard InChI is InChI=1S/C23H26ClN5O2S/c1-14(30)27-16-4-6-19(7-5-16)31-22-20(24)8-3-15-12-26-23(29-21(15)22)28-17-9-10-25-18(11-17)13-32-2/h3,8-12,16,19H,4-7,13H2,1-2H3,(H,27,30)(H,25,26,28,29). The highest BCUT2D eigenvalue weighted by atomic mass is 35.5. The van der Waals surface area contributed by atoms with Crippen LogP contribution in [0.4, 0.5) is 11.6 Å². The van der Waals surface area contributed by atoms with E-state index in [9.17, 15) is 4.79 Å². The zero-order chi connectivity index (χ0) is 22.5. The van der Waals surface area contributed by atoms with Crippen LogP contribution in [-0.2, 0) is 10.5 Å². The van der Waals surface area contributed by atoms with Crippen LogP contribution in [0.3, 0.4) is 0 Å². The summed E-state index contributed by atoms with van der Waals surface area (Å²) in [5.41, 5.74) is 2.55. The highest BCUT2D eigenvalue weighted by molar-refractivity contribution is 7.97. The van der Waals surface area contributed by atoms with Crippen LogP contribution in [0.25, 0.3) is 10.9 Å². The number of pyridine rings is 1. The number of hydrogen-bond acceptors (Lipinski definition) is 7. The average molecular weight is 472 g/mol. The normalized spacial score (nSPS) is 18.3. The lowest BCUT2D eigenvalue weighted by Crippen LogP contribution is -2.38. The number of ether oxygens (including phenoxy) is 1. The number of fused-ring (bicyclic) bond motifs is 1. The van der Waals surface area contributed by atoms with Gasteiger partial charge in [0.2, 0.25) is 11.9 Å². The Hall–Kier alpha value is -2.58. The molecule has 3 aromatic rings. The number of thioether (sulfide) groups is 1. The van der Waals surface area contributed by atoms with Gasteiger partial charge in [-0.15, -0.1) is 0 Å². The summed E-state index contributed by atoms with van der Waals surface area (Å²) in [7, 11) is 0. The van der Waals surface area contributed by atoms with E-state index in [0.29, 0.717) is 22.2 Å². The van der Waals surface area contributed by atoms with Crippen LogP contribution < -0.4 is 15.4 Å². The number of amides is 1. The Morgan fingerprint density at radius 1 is 1.22 bits per heavy atom. The van der Waals surface area contributed by atoms with Gasteiger partial charge in [0.25, 0.3) is 0 Å². The molecule has 1 saturated carbocycles. The maximum Gasteiger partial charge on any atom is 0.227 e. The van der Waals surface area contributed by atoms with Crippen LogP contribution in [0.1, 0.15) is 38.3 Å². The van der Waals surface area contributed by atoms with Crippen molar-refractivity contribution in [3.05, 3.63) is 47.4 Å². The molecule has 0 atom stereocenters. The number of aromatic nitrogens is 3. The molecule has 1 aromatic carbocycles. The summed E-state index contributed by atoms with van der Waals surface area (Å²) in [6, 6.07) is 7.80. The molecule has 0 saturated heterocycles. The molecule has 32 heavy (non-hydrogen) atoms. The van der Waals surface area contributed by atoms with E-state index in [0.717, 1.165) is 48.2 Å². The van der Waals surface area contributed by atoms with Gasteiger partial charge in [-0.25, -0.2) is 9.97 Å². The van der Waals surface area contributed by atoms with Gasteiger partial charge in [0.15, 0.2) is 5.75 Å². The maximum atomic E-state index is 11.3. The number of rotatable bonds is 7. The predicted octanol–water partition coefficient (Wildman–Crippen LogP) is 5.11. The molecule has 0 bridgehead atoms. The number of anilines is 2. The third kappa shape index (κ3) is 5.61. The fraction of sp³-hybridized carbons (Fsp3) is 0.391. The number of halogens is 1. The quantitative estimate of drug-likeness (QED) is 0.494. The van der Waals surface area contributed by atoms with Gasteiger partial charge in [-0.1, -0.05) is 11.6 Å². The first-order chi connectivity index (χ1) is 15.5. The van der Waals surface area contributed by atoms with Crippen molar-refractivity contribution in [2.75, 3.05) is 11.6 Å². The lowest BCUT2D eigenvalue weighted by Gasteiger charge is -2.29. The highest BCUT2D eigenvalue weighted by Crippen LogP contribution is 2.35. The molecule has 0 aliphatic heterocycles. The van der Waals surface area contributed by atoms with Crippen LogP contribution in [0.5, 0.6) is 5.75 Å². The molecule has 2 heterocycles. The average Bonchev–Trinajstić information content (AvgIpc) is 2.77. The van der Waals surface area contributed by atoms with E-state index in [2.05, 4.69) is 20.6 Å². The second kappa shape index (κ2) is 10.4. The molecule has 2 N–H and O–H groups in total. The molecule has 0 unspecified atom stereocenters. The van der Waals surface area contributed by atoms with Crippen molar-refractivity contribution in [1.82, 2.24) is 20.3 Å². The van der Waals surface area contributed by atoms with E-state index in [-0.39, 0.29) is 18.1 Å². The minimum absolute atomic E-state index is 0.0120. The van der Waals surface area contributed by atoms with Crippen molar-refractivity contribution >= 4 is 51.8 Å². The van der Waals surface area contributed by atoms with Crippen molar-refractivity contribution in [3.63, 3.8) is 0 Å². The first-order valence-electron chi connectivity index (χ1n) is 10.6. The molecule has 1 fully saturated rings. The van der Waals surface area contributed by atoms with E-state index >= 15 is 0 Å². The molecule has 1 aliphatic carbocycles. The smallest absolute Gasteiger partial charge is 0.227 e. The minimum atomic E-state index is 0.0120. The number of benzene rings is 1. The summed E-state index contributed by atoms with van der Waals surface area (Å²) in [4.78, 5) is 24.8. The minimum Gasteiger partial charge on any atom is -0.487 e. The largest absolute Gasteiger partial charge is 0.487 e. The highest BCUT2D eigenvalue weighted by Gasteiger charge is 2.24. The summed E-state index contributed by atoms with van der Waals surface area (Å²) in [5, 5.41) is 7.64. The van der Waals surface area contributed by atoms with Gasteiger partial charge in [-0.05, 0) is 56.2 Å². The Labute approximate surface area is 196 Å². The van der Waals surface area contributed by atoms with Gasteiger partial charge in [-0.2, -0.15) is 11.8 Å². The van der Waals surface area contributed by atoms with Crippen molar-refractivity contribution in [2.45, 2.75) is 50.5 Å². The Kier molecular flexibility index (Phi) is 7.32. The van der Waals surface area contributed by atoms with Gasteiger partial charge in [0.1, 0.15) is 5.52 Å². The topological polar surface area (TPSA) is 89.0 Å². The van der Waals surface area contributed by atoms with E-state index in [4.69, 9.17) is 21.3 Å². The van der Waals surface area contributed by atoms with Crippen molar-refractivity contribution in [2.24, 2.45) is 0 Å². The van der Waals surface area contributed by atoms with Crippen molar-refractivity contribution in [3.8, 4) is 5.75 Å². The van der Waals surface area contributed by atoms with Crippen LogP contribution in [-0.4, -0.2) is 39.3 Å². The second-order valence-electron chi connectivity index (χ2n) is 7.89. The Bertz CT molecular complexity index is 1100. The zero-order valence-corrected chi connectivity index (χ0v) is 19.7. The third-order valence-corrected chi connectivity index (χ3v) is 6.27. The monoisotopic (exact) mass is 471 g/mol. The van der Waals surface area contributed by atoms with Crippen molar-refractivity contribution < 1.29 is 9.53 Å². The van der Waals surface area contributed by atoms with Gasteiger partial charge in [0.05, 0.1) is 16.8 Å². The fourth-order valence-electron chi connectivity index (χ4n) is 3.91. The molecule has 7 nitrogen and oxygen atoms in total. The molecule has 2 aromatic heterocycles. The van der Waals surface area contributed by atoms with Crippen LogP contribution in [0, 0.1) is 0 Å². The second-order valence-corrected chi connectivity index (χ2v) is 9.17. The van der Waals surface area contributed by atoms with Gasteiger partial charge in [-0.3, -0.25) is 9.78 Å². The lowest BCUT2D eigenvalue weighted by atomic mass is 9.93. The van der Waals surface area contributed by atoms with E-state index in [1.54, 1.807) is 31.1 Å². The van der Waals surface area contributed by atoms with E-state index < -0.39 is 0 Å². The molecular formula is C23H26ClN5O2S. The molecule has 4 rings (SSSR count). The molecule has 168 valence electrons. The van der Waals surface area contributed by atoms with Crippen LogP contribution >= 0.6 is 23.4 Å². The first kappa shape index (κ1) is 22.6. The summed E-state index contributed by atoms with van der Waals surface area (Å²) >= 11 is 8.24. The van der Waals surface area contributed by atoms with Crippen molar-refractivity contribution in [1.29, 1.82) is 0 Å². The molecule has 0 spiro atoms. The Morgan fingerprint density at radius 2 is 2.03 bits per heavy atom. The zero-order valence-electron chi connectivity index (χ0n) is 18.1. The van der Waals surface area contributed by atoms with E-state index in [1.807, 2.05) is 30.5 Å². The number of carbonyl (C=O) groups is 1. The molecule has 9 heteroatoms. The van der Waals surface area contributed by atoms with Gasteiger partial charge in [0, 0.05) is 42.2 Å². The number of nitrogens with zero attached hydrogens (tertiary/aromatic N) is 3. The van der Waals surface area contributed by atoms with Crippen LogP contribution in [0.15, 0.2) is 36.7 Å². The first-order valence-corrected chi connectivity index (χ1v) is 12.4. The molecule has 1 aliphatic rings. The molecular weight excluding hydrogens is 446 g/mol. The maximum absolute atomic E-state index is 11.3. The summed E-state index contributed by atoms with van der Waals surface area (Å²) in [6.07, 6.45) is 9.09. The van der Waals surface area contributed by atoms with Gasteiger partial charge >= 0.3 is 0 Å². The van der Waals surface area contributed by atoms with Crippen LogP contribution in [0.2, 0.25) is 5.02 Å². The number of carbonyl (C=O) groups excluding carboxylic acids is 1. The SMILES string of the molecule is CSCc1cc(Nc2ncc3ccc(Cl)c(OC4CCC(NC(C)=O)CC4)c3n2)ccn1. The number of nitrogens with one attached hydrogen (secondary N) is 2. The summed E-state index contributed by atoms with van der Waals surface area (Å²) < 4.78 is 6.33. The summed E-state index contributed by atoms with van der Waals surface area (Å²) in [6.45, 7) is 1.55. The summed E-state index contributed by atoms with van der Waals surface area (Å²) in [5.74, 6) is 1.90. The lowest BCUT2D eigenvalue weighted by molar-refractivity contribution is -0.120. The third-order valence-electron chi connectivity index (χ3n) is 5.39. The number of hydrogen-bond donors (Lipinski definition) is 2. The van der Waals surface area contributed by atoms with Gasteiger partial charge < -0.3 is 15.4 Å². The fourth-order valence-corrected chi connectivity index (χ4v) is 4.56. The Morgan fingerprint density at radius 3 is 2.78 bits per heavy atom. The Balaban J connectivity index is 1.53. The molecule has 0 radical (unpaired) electrons. The predicted molar refractivity (Wildman–Crippen MR) is 130 cm³/mol. The van der Waals surface area contributed by atoms with E-state index in [1.165, 1.54) is 0 Å².